The van der Waals surface area contributed by atoms with E-state index in [2.05, 4.69) is 0 Å². The van der Waals surface area contributed by atoms with Crippen molar-refractivity contribution in [3.63, 3.8) is 0 Å². The summed E-state index contributed by atoms with van der Waals surface area (Å²) in [6.07, 6.45) is 0. The molecule has 0 amide bonds. The van der Waals surface area contributed by atoms with Crippen molar-refractivity contribution in [2.45, 2.75) is 20.8 Å². The van der Waals surface area contributed by atoms with Crippen LogP contribution >= 0.6 is 0 Å². The van der Waals surface area contributed by atoms with Crippen LogP contribution in [0.1, 0.15) is 18.1 Å². The zero-order valence-electron chi connectivity index (χ0n) is 10.6. The second kappa shape index (κ2) is 4.61. The van der Waals surface area contributed by atoms with Crippen molar-refractivity contribution in [1.82, 2.24) is 0 Å². The molecule has 2 rings (SSSR count). The molecule has 0 fully saturated rings. The normalized spacial score (nSPS) is 10.4. The maximum atomic E-state index is 11.4. The van der Waals surface area contributed by atoms with Gasteiger partial charge < -0.3 is 4.74 Å². The molecule has 0 aliphatic rings. The molecule has 92 valence electrons. The lowest BCUT2D eigenvalue weighted by molar-refractivity contribution is -0.146. The van der Waals surface area contributed by atoms with Crippen molar-refractivity contribution in [2.75, 3.05) is 0 Å². The summed E-state index contributed by atoms with van der Waals surface area (Å²) in [6.45, 7) is 5.03. The van der Waals surface area contributed by atoms with Gasteiger partial charge in [-0.3, -0.25) is 4.79 Å². The minimum Gasteiger partial charge on any atom is -0.420 e. The Hall–Kier alpha value is -2.16. The monoisotopic (exact) mass is 242 g/mol. The summed E-state index contributed by atoms with van der Waals surface area (Å²) in [5, 5.41) is 1.84. The molecule has 0 heterocycles. The molecule has 0 spiro atoms. The predicted molar refractivity (Wildman–Crippen MR) is 69.7 cm³/mol. The van der Waals surface area contributed by atoms with Crippen LogP contribution in [0.3, 0.4) is 0 Å². The topological polar surface area (TPSA) is 43.4 Å². The van der Waals surface area contributed by atoms with Gasteiger partial charge in [-0.05, 0) is 30.4 Å². The van der Waals surface area contributed by atoms with Gasteiger partial charge in [0.25, 0.3) is 0 Å². The highest BCUT2D eigenvalue weighted by atomic mass is 16.5. The number of rotatable bonds is 2. The first kappa shape index (κ1) is 12.3. The van der Waals surface area contributed by atoms with Gasteiger partial charge in [-0.15, -0.1) is 0 Å². The molecule has 0 radical (unpaired) electrons. The lowest BCUT2D eigenvalue weighted by Gasteiger charge is -2.12. The molecule has 3 heteroatoms. The molecule has 0 saturated heterocycles. The minimum atomic E-state index is -0.825. The summed E-state index contributed by atoms with van der Waals surface area (Å²) in [7, 11) is 0. The summed E-state index contributed by atoms with van der Waals surface area (Å²) >= 11 is 0. The van der Waals surface area contributed by atoms with E-state index in [1.165, 1.54) is 6.92 Å². The molecule has 0 atom stereocenters. The number of hydrogen-bond donors (Lipinski definition) is 0. The summed E-state index contributed by atoms with van der Waals surface area (Å²) in [5.74, 6) is -0.945. The smallest absolute Gasteiger partial charge is 0.379 e. The van der Waals surface area contributed by atoms with E-state index in [1.54, 1.807) is 0 Å². The summed E-state index contributed by atoms with van der Waals surface area (Å²) in [5.41, 5.74) is 1.91. The van der Waals surface area contributed by atoms with Gasteiger partial charge in [0.2, 0.25) is 5.78 Å². The Morgan fingerprint density at radius 2 is 1.78 bits per heavy atom. The first-order chi connectivity index (χ1) is 8.50. The standard InChI is InChI=1S/C15H14O3/c1-9-8-12-6-4-5-7-13(12)14(10(9)2)18-15(17)11(3)16/h4-8H,1-3H3. The average Bonchev–Trinajstić information content (AvgIpc) is 2.34. The van der Waals surface area contributed by atoms with E-state index in [9.17, 15) is 9.59 Å². The number of benzene rings is 2. The summed E-state index contributed by atoms with van der Waals surface area (Å²) in [4.78, 5) is 22.5. The fourth-order valence-electron chi connectivity index (χ4n) is 1.85. The van der Waals surface area contributed by atoms with Crippen LogP contribution in [-0.2, 0) is 9.59 Å². The Bertz CT molecular complexity index is 641. The number of carbonyl (C=O) groups excluding carboxylic acids is 2. The number of aryl methyl sites for hydroxylation is 1. The molecular weight excluding hydrogens is 228 g/mol. The van der Waals surface area contributed by atoms with Gasteiger partial charge in [-0.1, -0.05) is 30.3 Å². The quantitative estimate of drug-likeness (QED) is 0.462. The van der Waals surface area contributed by atoms with E-state index in [4.69, 9.17) is 4.74 Å². The maximum Gasteiger partial charge on any atom is 0.379 e. The van der Waals surface area contributed by atoms with Crippen LogP contribution in [-0.4, -0.2) is 11.8 Å². The van der Waals surface area contributed by atoms with Gasteiger partial charge in [0.1, 0.15) is 5.75 Å². The van der Waals surface area contributed by atoms with E-state index < -0.39 is 11.8 Å². The highest BCUT2D eigenvalue weighted by Gasteiger charge is 2.15. The molecule has 18 heavy (non-hydrogen) atoms. The largest absolute Gasteiger partial charge is 0.420 e. The Kier molecular flexibility index (Phi) is 3.15. The number of ether oxygens (including phenoxy) is 1. The molecule has 2 aromatic rings. The van der Waals surface area contributed by atoms with E-state index in [0.29, 0.717) is 5.75 Å². The van der Waals surface area contributed by atoms with Crippen molar-refractivity contribution in [3.8, 4) is 5.75 Å². The third-order valence-corrected chi connectivity index (χ3v) is 2.99. The van der Waals surface area contributed by atoms with Gasteiger partial charge in [0, 0.05) is 12.3 Å². The van der Waals surface area contributed by atoms with Crippen LogP contribution in [0, 0.1) is 13.8 Å². The van der Waals surface area contributed by atoms with E-state index in [-0.39, 0.29) is 0 Å². The summed E-state index contributed by atoms with van der Waals surface area (Å²) in [6, 6.07) is 9.67. The second-order valence-electron chi connectivity index (χ2n) is 4.31. The van der Waals surface area contributed by atoms with Crippen LogP contribution < -0.4 is 4.74 Å². The van der Waals surface area contributed by atoms with Crippen LogP contribution in [0.15, 0.2) is 30.3 Å². The number of Topliss-reactive ketones (excluding diaryl/α,β-unsaturated/α-hetero) is 1. The molecular formula is C15H14O3. The average molecular weight is 242 g/mol. The third-order valence-electron chi connectivity index (χ3n) is 2.99. The number of ketones is 1. The first-order valence-electron chi connectivity index (χ1n) is 5.72. The van der Waals surface area contributed by atoms with Crippen molar-refractivity contribution >= 4 is 22.5 Å². The Labute approximate surface area is 105 Å². The molecule has 0 N–H and O–H groups in total. The molecule has 0 saturated carbocycles. The number of fused-ring (bicyclic) bond motifs is 1. The molecule has 0 aliphatic heterocycles. The lowest BCUT2D eigenvalue weighted by atomic mass is 10.0. The van der Waals surface area contributed by atoms with E-state index >= 15 is 0 Å². The SMILES string of the molecule is CC(=O)C(=O)Oc1c(C)c(C)cc2ccccc12. The van der Waals surface area contributed by atoms with E-state index in [0.717, 1.165) is 21.9 Å². The number of carbonyl (C=O) groups is 2. The van der Waals surface area contributed by atoms with Crippen molar-refractivity contribution < 1.29 is 14.3 Å². The predicted octanol–water partition coefficient (Wildman–Crippen LogP) is 2.95. The molecule has 0 bridgehead atoms. The van der Waals surface area contributed by atoms with Gasteiger partial charge >= 0.3 is 5.97 Å². The van der Waals surface area contributed by atoms with Crippen molar-refractivity contribution in [3.05, 3.63) is 41.5 Å². The van der Waals surface area contributed by atoms with Crippen molar-refractivity contribution in [1.29, 1.82) is 0 Å². The third kappa shape index (κ3) is 2.12. The zero-order chi connectivity index (χ0) is 13.3. The van der Waals surface area contributed by atoms with Crippen LogP contribution in [0.2, 0.25) is 0 Å². The van der Waals surface area contributed by atoms with Crippen molar-refractivity contribution in [2.24, 2.45) is 0 Å². The molecule has 0 unspecified atom stereocenters. The Morgan fingerprint density at radius 3 is 2.44 bits per heavy atom. The lowest BCUT2D eigenvalue weighted by Crippen LogP contribution is -2.17. The Balaban J connectivity index is 2.63. The Morgan fingerprint density at radius 1 is 1.11 bits per heavy atom. The first-order valence-corrected chi connectivity index (χ1v) is 5.72. The van der Waals surface area contributed by atoms with Gasteiger partial charge in [-0.2, -0.15) is 0 Å². The van der Waals surface area contributed by atoms with Crippen LogP contribution in [0.25, 0.3) is 10.8 Å². The maximum absolute atomic E-state index is 11.4. The number of hydrogen-bond acceptors (Lipinski definition) is 3. The van der Waals surface area contributed by atoms with Gasteiger partial charge in [0.05, 0.1) is 0 Å². The summed E-state index contributed by atoms with van der Waals surface area (Å²) < 4.78 is 5.21. The van der Waals surface area contributed by atoms with Crippen LogP contribution in [0.4, 0.5) is 0 Å². The van der Waals surface area contributed by atoms with E-state index in [1.807, 2.05) is 44.2 Å². The molecule has 3 nitrogen and oxygen atoms in total. The second-order valence-corrected chi connectivity index (χ2v) is 4.31. The van der Waals surface area contributed by atoms with Gasteiger partial charge in [0.15, 0.2) is 0 Å². The molecule has 0 aromatic heterocycles. The minimum absolute atomic E-state index is 0.478. The van der Waals surface area contributed by atoms with Crippen LogP contribution in [0.5, 0.6) is 5.75 Å². The zero-order valence-corrected chi connectivity index (χ0v) is 10.6. The number of esters is 1. The molecule has 0 aliphatic carbocycles. The highest BCUT2D eigenvalue weighted by Crippen LogP contribution is 2.32. The van der Waals surface area contributed by atoms with Gasteiger partial charge in [-0.25, -0.2) is 4.79 Å². The highest BCUT2D eigenvalue weighted by molar-refractivity contribution is 6.33. The fourth-order valence-corrected chi connectivity index (χ4v) is 1.85. The fraction of sp³-hybridized carbons (Fsp3) is 0.200. The molecule has 2 aromatic carbocycles.